The molecule has 0 aromatic heterocycles. The van der Waals surface area contributed by atoms with Gasteiger partial charge in [-0.3, -0.25) is 13.9 Å². The maximum Gasteiger partial charge on any atom is 0.264 e. The smallest absolute Gasteiger partial charge is 0.264 e. The van der Waals surface area contributed by atoms with Crippen LogP contribution in [-0.2, 0) is 32.6 Å². The minimum Gasteiger partial charge on any atom is -0.497 e. The van der Waals surface area contributed by atoms with E-state index in [4.69, 9.17) is 9.47 Å². The van der Waals surface area contributed by atoms with E-state index in [-0.39, 0.29) is 46.8 Å². The summed E-state index contributed by atoms with van der Waals surface area (Å²) in [6, 6.07) is 26.5. The van der Waals surface area contributed by atoms with Gasteiger partial charge in [0.15, 0.2) is 0 Å². The van der Waals surface area contributed by atoms with Crippen LogP contribution in [0, 0.1) is 5.82 Å². The molecule has 1 saturated carbocycles. The fraction of sp³-hybridized carbons (Fsp3) is 0.297. The highest BCUT2D eigenvalue weighted by Gasteiger charge is 2.36. The molecule has 1 N–H and O–H groups in total. The van der Waals surface area contributed by atoms with E-state index in [1.54, 1.807) is 42.5 Å². The molecule has 0 aliphatic heterocycles. The van der Waals surface area contributed by atoms with Crippen molar-refractivity contribution in [1.29, 1.82) is 0 Å². The number of hydrogen-bond acceptors (Lipinski definition) is 6. The number of ether oxygens (including phenoxy) is 2. The number of hydrogen-bond donors (Lipinski definition) is 1. The fourth-order valence-electron chi connectivity index (χ4n) is 5.96. The number of methoxy groups -OCH3 is 2. The van der Waals surface area contributed by atoms with Crippen molar-refractivity contribution in [2.75, 3.05) is 25.1 Å². The van der Waals surface area contributed by atoms with Crippen LogP contribution in [0.3, 0.4) is 0 Å². The molecule has 0 spiro atoms. The van der Waals surface area contributed by atoms with Gasteiger partial charge < -0.3 is 19.7 Å². The maximum absolute atomic E-state index is 15.2. The molecule has 1 unspecified atom stereocenters. The Balaban J connectivity index is 1.59. The SMILES string of the molecule is COc1ccc(S(=O)(=O)N(CC(=O)N(Cc2ccccc2F)C(Cc2ccccc2)C(=O)NC2CCCC2)c2ccccc2OC)cc1. The number of sulfonamides is 1. The number of rotatable bonds is 14. The van der Waals surface area contributed by atoms with E-state index >= 15 is 4.39 Å². The third kappa shape index (κ3) is 8.14. The van der Waals surface area contributed by atoms with Gasteiger partial charge in [0.1, 0.15) is 29.9 Å². The second kappa shape index (κ2) is 15.8. The van der Waals surface area contributed by atoms with Gasteiger partial charge in [0, 0.05) is 24.6 Å². The van der Waals surface area contributed by atoms with E-state index in [9.17, 15) is 18.0 Å². The summed E-state index contributed by atoms with van der Waals surface area (Å²) < 4.78 is 55.5. The third-order valence-corrected chi connectivity index (χ3v) is 10.3. The molecule has 1 fully saturated rings. The number of anilines is 1. The first-order chi connectivity index (χ1) is 23.2. The summed E-state index contributed by atoms with van der Waals surface area (Å²) in [7, 11) is -1.49. The molecule has 4 aromatic rings. The molecule has 11 heteroatoms. The molecule has 0 bridgehead atoms. The van der Waals surface area contributed by atoms with Crippen LogP contribution < -0.4 is 19.1 Å². The average Bonchev–Trinajstić information content (AvgIpc) is 3.62. The molecule has 0 heterocycles. The summed E-state index contributed by atoms with van der Waals surface area (Å²) in [5, 5.41) is 3.11. The summed E-state index contributed by atoms with van der Waals surface area (Å²) in [4.78, 5) is 30.0. The second-order valence-corrected chi connectivity index (χ2v) is 13.5. The second-order valence-electron chi connectivity index (χ2n) is 11.7. The zero-order valence-electron chi connectivity index (χ0n) is 27.0. The predicted octanol–water partition coefficient (Wildman–Crippen LogP) is 5.74. The fourth-order valence-corrected chi connectivity index (χ4v) is 7.38. The van der Waals surface area contributed by atoms with Crippen LogP contribution in [-0.4, -0.2) is 58.0 Å². The van der Waals surface area contributed by atoms with Crippen LogP contribution in [0.5, 0.6) is 11.5 Å². The van der Waals surface area contributed by atoms with Crippen molar-refractivity contribution in [2.45, 2.75) is 55.6 Å². The van der Waals surface area contributed by atoms with E-state index in [2.05, 4.69) is 5.32 Å². The Bertz CT molecular complexity index is 1800. The number of amides is 2. The molecular weight excluding hydrogens is 633 g/mol. The molecule has 252 valence electrons. The number of nitrogens with one attached hydrogen (secondary N) is 1. The largest absolute Gasteiger partial charge is 0.497 e. The molecule has 5 rings (SSSR count). The quantitative estimate of drug-likeness (QED) is 0.183. The first-order valence-electron chi connectivity index (χ1n) is 15.9. The molecule has 2 amide bonds. The van der Waals surface area contributed by atoms with Crippen molar-refractivity contribution in [3.05, 3.63) is 120 Å². The van der Waals surface area contributed by atoms with Gasteiger partial charge in [-0.15, -0.1) is 0 Å². The van der Waals surface area contributed by atoms with Crippen molar-refractivity contribution in [2.24, 2.45) is 0 Å². The molecule has 4 aromatic carbocycles. The predicted molar refractivity (Wildman–Crippen MR) is 182 cm³/mol. The van der Waals surface area contributed by atoms with Gasteiger partial charge in [-0.2, -0.15) is 0 Å². The Morgan fingerprint density at radius 2 is 1.50 bits per heavy atom. The maximum atomic E-state index is 15.2. The van der Waals surface area contributed by atoms with Crippen molar-refractivity contribution in [3.63, 3.8) is 0 Å². The van der Waals surface area contributed by atoms with E-state index in [0.29, 0.717) is 5.75 Å². The standard InChI is InChI=1S/C37H40FN3O6S/c1-46-30-20-22-31(23-21-30)48(44,45)41(33-18-10-11-19-35(33)47-2)26-36(42)40(25-28-14-6-9-17-32(28)38)34(24-27-12-4-3-5-13-27)37(43)39-29-15-7-8-16-29/h3-6,9-14,17-23,29,34H,7-8,15-16,24-26H2,1-2H3,(H,39,43). The summed E-state index contributed by atoms with van der Waals surface area (Å²) in [6.07, 6.45) is 3.77. The number of halogens is 1. The zero-order valence-corrected chi connectivity index (χ0v) is 27.9. The highest BCUT2D eigenvalue weighted by molar-refractivity contribution is 7.92. The molecule has 1 aliphatic rings. The van der Waals surface area contributed by atoms with Gasteiger partial charge in [-0.05, 0) is 60.9 Å². The Morgan fingerprint density at radius 3 is 2.17 bits per heavy atom. The lowest BCUT2D eigenvalue weighted by atomic mass is 10.0. The first-order valence-corrected chi connectivity index (χ1v) is 17.3. The van der Waals surface area contributed by atoms with E-state index in [1.165, 1.54) is 49.5 Å². The van der Waals surface area contributed by atoms with Gasteiger partial charge in [0.25, 0.3) is 10.0 Å². The van der Waals surface area contributed by atoms with E-state index in [0.717, 1.165) is 35.6 Å². The molecule has 1 aliphatic carbocycles. The van der Waals surface area contributed by atoms with Gasteiger partial charge in [-0.1, -0.05) is 73.5 Å². The van der Waals surface area contributed by atoms with Gasteiger partial charge in [-0.25, -0.2) is 12.8 Å². The van der Waals surface area contributed by atoms with E-state index in [1.807, 2.05) is 30.3 Å². The Morgan fingerprint density at radius 1 is 0.854 bits per heavy atom. The number of para-hydroxylation sites is 2. The van der Waals surface area contributed by atoms with Crippen LogP contribution in [0.4, 0.5) is 10.1 Å². The summed E-state index contributed by atoms with van der Waals surface area (Å²) in [6.45, 7) is -0.950. The van der Waals surface area contributed by atoms with Crippen molar-refractivity contribution < 1.29 is 31.9 Å². The van der Waals surface area contributed by atoms with Crippen LogP contribution >= 0.6 is 0 Å². The molecular formula is C37H40FN3O6S. The first kappa shape index (κ1) is 34.4. The molecule has 0 radical (unpaired) electrons. The molecule has 48 heavy (non-hydrogen) atoms. The van der Waals surface area contributed by atoms with Crippen LogP contribution in [0.1, 0.15) is 36.8 Å². The molecule has 1 atom stereocenters. The number of benzene rings is 4. The number of carbonyl (C=O) groups is 2. The zero-order chi connectivity index (χ0) is 34.1. The Labute approximate surface area is 281 Å². The number of carbonyl (C=O) groups excluding carboxylic acids is 2. The average molecular weight is 674 g/mol. The minimum atomic E-state index is -4.37. The Hall–Kier alpha value is -4.90. The van der Waals surface area contributed by atoms with Crippen molar-refractivity contribution in [3.8, 4) is 11.5 Å². The molecule has 9 nitrogen and oxygen atoms in total. The van der Waals surface area contributed by atoms with Crippen LogP contribution in [0.2, 0.25) is 0 Å². The topological polar surface area (TPSA) is 105 Å². The Kier molecular flexibility index (Phi) is 11.3. The lowest BCUT2D eigenvalue weighted by Crippen LogP contribution is -2.54. The lowest BCUT2D eigenvalue weighted by Gasteiger charge is -2.34. The van der Waals surface area contributed by atoms with Crippen molar-refractivity contribution in [1.82, 2.24) is 10.2 Å². The highest BCUT2D eigenvalue weighted by atomic mass is 32.2. The van der Waals surface area contributed by atoms with Crippen LogP contribution in [0.15, 0.2) is 108 Å². The highest BCUT2D eigenvalue weighted by Crippen LogP contribution is 2.33. The van der Waals surface area contributed by atoms with Gasteiger partial charge in [0.2, 0.25) is 11.8 Å². The monoisotopic (exact) mass is 673 g/mol. The van der Waals surface area contributed by atoms with E-state index < -0.39 is 34.3 Å². The lowest BCUT2D eigenvalue weighted by molar-refractivity contribution is -0.140. The van der Waals surface area contributed by atoms with Gasteiger partial charge in [0.05, 0.1) is 24.8 Å². The molecule has 0 saturated heterocycles. The minimum absolute atomic E-state index is 0.0401. The third-order valence-electron chi connectivity index (χ3n) is 8.55. The summed E-state index contributed by atoms with van der Waals surface area (Å²) in [5.41, 5.74) is 1.12. The summed E-state index contributed by atoms with van der Waals surface area (Å²) in [5.74, 6) is -0.928. The van der Waals surface area contributed by atoms with Crippen molar-refractivity contribution >= 4 is 27.5 Å². The summed E-state index contributed by atoms with van der Waals surface area (Å²) >= 11 is 0. The number of nitrogens with zero attached hydrogens (tertiary/aromatic N) is 2. The van der Waals surface area contributed by atoms with Gasteiger partial charge >= 0.3 is 0 Å². The normalized spacial score (nSPS) is 13.8. The van der Waals surface area contributed by atoms with Crippen LogP contribution in [0.25, 0.3) is 0 Å².